The molecule has 0 aliphatic rings. The second-order valence-corrected chi connectivity index (χ2v) is 4.15. The zero-order chi connectivity index (χ0) is 14.1. The SMILES string of the molecule is C=CC[NH2+]C(CC(=O)NCc1ccccc1)C(=O)[O-]. The number of benzene rings is 1. The highest BCUT2D eigenvalue weighted by molar-refractivity contribution is 5.82. The van der Waals surface area contributed by atoms with Crippen LogP contribution in [0.2, 0.25) is 0 Å². The molecule has 0 heterocycles. The third-order valence-electron chi connectivity index (χ3n) is 2.63. The molecule has 0 spiro atoms. The molecule has 1 rings (SSSR count). The largest absolute Gasteiger partial charge is 0.544 e. The van der Waals surface area contributed by atoms with Crippen LogP contribution >= 0.6 is 0 Å². The van der Waals surface area contributed by atoms with Crippen molar-refractivity contribution in [3.63, 3.8) is 0 Å². The summed E-state index contributed by atoms with van der Waals surface area (Å²) in [4.78, 5) is 22.5. The predicted octanol–water partition coefficient (Wildman–Crippen LogP) is -1.44. The van der Waals surface area contributed by atoms with E-state index in [1.807, 2.05) is 30.3 Å². The Morgan fingerprint density at radius 1 is 1.37 bits per heavy atom. The van der Waals surface area contributed by atoms with Gasteiger partial charge in [-0.25, -0.2) is 0 Å². The molecule has 0 bridgehead atoms. The summed E-state index contributed by atoms with van der Waals surface area (Å²) in [5, 5.41) is 15.1. The first-order valence-corrected chi connectivity index (χ1v) is 6.09. The predicted molar refractivity (Wildman–Crippen MR) is 68.7 cm³/mol. The van der Waals surface area contributed by atoms with Crippen molar-refractivity contribution in [3.05, 3.63) is 48.6 Å². The van der Waals surface area contributed by atoms with Crippen molar-refractivity contribution >= 4 is 11.9 Å². The molecule has 0 radical (unpaired) electrons. The summed E-state index contributed by atoms with van der Waals surface area (Å²) in [5.74, 6) is -1.55. The van der Waals surface area contributed by atoms with Gasteiger partial charge in [0.2, 0.25) is 5.91 Å². The summed E-state index contributed by atoms with van der Waals surface area (Å²) < 4.78 is 0. The molecule has 1 amide bonds. The fourth-order valence-corrected chi connectivity index (χ4v) is 1.59. The number of nitrogens with one attached hydrogen (secondary N) is 1. The van der Waals surface area contributed by atoms with E-state index in [0.717, 1.165) is 5.56 Å². The molecule has 0 aliphatic heterocycles. The Hall–Kier alpha value is -2.14. The number of rotatable bonds is 8. The van der Waals surface area contributed by atoms with Gasteiger partial charge in [-0.05, 0) is 11.6 Å². The van der Waals surface area contributed by atoms with Crippen LogP contribution < -0.4 is 15.7 Å². The van der Waals surface area contributed by atoms with E-state index >= 15 is 0 Å². The molecule has 0 fully saturated rings. The second-order valence-electron chi connectivity index (χ2n) is 4.15. The van der Waals surface area contributed by atoms with Gasteiger partial charge in [0.1, 0.15) is 6.04 Å². The van der Waals surface area contributed by atoms with Crippen molar-refractivity contribution in [2.24, 2.45) is 0 Å². The van der Waals surface area contributed by atoms with Crippen LogP contribution in [0.4, 0.5) is 0 Å². The first-order valence-electron chi connectivity index (χ1n) is 6.09. The van der Waals surface area contributed by atoms with E-state index in [0.29, 0.717) is 13.1 Å². The lowest BCUT2D eigenvalue weighted by atomic mass is 10.2. The Morgan fingerprint density at radius 3 is 2.63 bits per heavy atom. The molecule has 3 N–H and O–H groups in total. The Morgan fingerprint density at radius 2 is 2.05 bits per heavy atom. The lowest BCUT2D eigenvalue weighted by Gasteiger charge is -2.15. The molecule has 0 saturated heterocycles. The minimum atomic E-state index is -1.24. The van der Waals surface area contributed by atoms with Crippen molar-refractivity contribution in [3.8, 4) is 0 Å². The number of hydrogen-bond donors (Lipinski definition) is 2. The third kappa shape index (κ3) is 5.83. The van der Waals surface area contributed by atoms with Crippen LogP contribution in [0, 0.1) is 0 Å². The summed E-state index contributed by atoms with van der Waals surface area (Å²) in [5.41, 5.74) is 0.968. The number of carbonyl (C=O) groups excluding carboxylic acids is 2. The van der Waals surface area contributed by atoms with E-state index in [9.17, 15) is 14.7 Å². The number of carboxylic acid groups (broad SMARTS) is 1. The highest BCUT2D eigenvalue weighted by Gasteiger charge is 2.17. The lowest BCUT2D eigenvalue weighted by Crippen LogP contribution is -2.93. The molecule has 5 nitrogen and oxygen atoms in total. The van der Waals surface area contributed by atoms with Gasteiger partial charge in [-0.15, -0.1) is 0 Å². The third-order valence-corrected chi connectivity index (χ3v) is 2.63. The summed E-state index contributed by atoms with van der Waals surface area (Å²) in [6.07, 6.45) is 1.47. The monoisotopic (exact) mass is 262 g/mol. The smallest absolute Gasteiger partial charge is 0.226 e. The highest BCUT2D eigenvalue weighted by atomic mass is 16.4. The maximum atomic E-state index is 11.6. The van der Waals surface area contributed by atoms with Crippen LogP contribution in [-0.2, 0) is 16.1 Å². The van der Waals surface area contributed by atoms with Gasteiger partial charge in [0.15, 0.2) is 0 Å². The van der Waals surface area contributed by atoms with Crippen molar-refractivity contribution in [1.82, 2.24) is 5.32 Å². The van der Waals surface area contributed by atoms with Crippen LogP contribution in [0.5, 0.6) is 0 Å². The Bertz CT molecular complexity index is 432. The minimum Gasteiger partial charge on any atom is -0.544 e. The number of carbonyl (C=O) groups is 2. The van der Waals surface area contributed by atoms with E-state index in [4.69, 9.17) is 0 Å². The zero-order valence-electron chi connectivity index (χ0n) is 10.7. The molecule has 0 saturated carbocycles. The zero-order valence-corrected chi connectivity index (χ0v) is 10.7. The van der Waals surface area contributed by atoms with Crippen LogP contribution in [0.25, 0.3) is 0 Å². The number of nitrogens with two attached hydrogens (primary N) is 1. The quantitative estimate of drug-likeness (QED) is 0.563. The van der Waals surface area contributed by atoms with E-state index in [1.165, 1.54) is 5.32 Å². The lowest BCUT2D eigenvalue weighted by molar-refractivity contribution is -0.674. The number of aliphatic carboxylic acids is 1. The standard InChI is InChI=1S/C14H18N2O3/c1-2-8-15-12(14(18)19)9-13(17)16-10-11-6-4-3-5-7-11/h2-7,12,15H,1,8-10H2,(H,16,17)(H,18,19). The van der Waals surface area contributed by atoms with Crippen molar-refractivity contribution < 1.29 is 20.0 Å². The van der Waals surface area contributed by atoms with Crippen LogP contribution in [-0.4, -0.2) is 24.5 Å². The van der Waals surface area contributed by atoms with Gasteiger partial charge < -0.3 is 20.5 Å². The Kier molecular flexibility index (Phi) is 6.32. The molecule has 1 aromatic rings. The fraction of sp³-hybridized carbons (Fsp3) is 0.286. The van der Waals surface area contributed by atoms with Gasteiger partial charge >= 0.3 is 0 Å². The first-order chi connectivity index (χ1) is 9.13. The molecule has 5 heteroatoms. The topological polar surface area (TPSA) is 85.8 Å². The maximum Gasteiger partial charge on any atom is 0.226 e. The van der Waals surface area contributed by atoms with Crippen LogP contribution in [0.1, 0.15) is 12.0 Å². The number of hydrogen-bond acceptors (Lipinski definition) is 3. The molecule has 1 unspecified atom stereocenters. The number of amides is 1. The Labute approximate surface area is 112 Å². The molecule has 0 aliphatic carbocycles. The molecule has 0 aromatic heterocycles. The van der Waals surface area contributed by atoms with Gasteiger partial charge in [0.05, 0.1) is 18.9 Å². The molecule has 102 valence electrons. The summed E-state index contributed by atoms with van der Waals surface area (Å²) >= 11 is 0. The summed E-state index contributed by atoms with van der Waals surface area (Å²) in [6.45, 7) is 4.33. The summed E-state index contributed by atoms with van der Waals surface area (Å²) in [6, 6.07) is 8.54. The normalized spacial score (nSPS) is 11.6. The average molecular weight is 262 g/mol. The van der Waals surface area contributed by atoms with E-state index in [-0.39, 0.29) is 12.3 Å². The van der Waals surface area contributed by atoms with E-state index in [2.05, 4.69) is 11.9 Å². The minimum absolute atomic E-state index is 0.108. The van der Waals surface area contributed by atoms with Crippen molar-refractivity contribution in [2.75, 3.05) is 6.54 Å². The second kappa shape index (κ2) is 8.05. The number of carboxylic acids is 1. The summed E-state index contributed by atoms with van der Waals surface area (Å²) in [7, 11) is 0. The van der Waals surface area contributed by atoms with Crippen molar-refractivity contribution in [1.29, 1.82) is 0 Å². The Balaban J connectivity index is 2.40. The fourth-order valence-electron chi connectivity index (χ4n) is 1.59. The van der Waals surface area contributed by atoms with Gasteiger partial charge in [-0.1, -0.05) is 36.9 Å². The number of quaternary nitrogens is 1. The van der Waals surface area contributed by atoms with Crippen LogP contribution in [0.15, 0.2) is 43.0 Å². The van der Waals surface area contributed by atoms with E-state index < -0.39 is 12.0 Å². The first kappa shape index (κ1) is 14.9. The van der Waals surface area contributed by atoms with Gasteiger partial charge in [-0.3, -0.25) is 4.79 Å². The molecule has 1 atom stereocenters. The molecule has 19 heavy (non-hydrogen) atoms. The highest BCUT2D eigenvalue weighted by Crippen LogP contribution is 1.97. The molecule has 1 aromatic carbocycles. The van der Waals surface area contributed by atoms with Gasteiger partial charge in [0.25, 0.3) is 0 Å². The maximum absolute atomic E-state index is 11.6. The molecular weight excluding hydrogens is 244 g/mol. The van der Waals surface area contributed by atoms with E-state index in [1.54, 1.807) is 6.08 Å². The van der Waals surface area contributed by atoms with Gasteiger partial charge in [0, 0.05) is 6.54 Å². The van der Waals surface area contributed by atoms with Crippen LogP contribution in [0.3, 0.4) is 0 Å². The van der Waals surface area contributed by atoms with Crippen molar-refractivity contribution in [2.45, 2.75) is 19.0 Å². The molecular formula is C14H18N2O3. The van der Waals surface area contributed by atoms with Gasteiger partial charge in [-0.2, -0.15) is 0 Å². The average Bonchev–Trinajstić information content (AvgIpc) is 2.42.